The van der Waals surface area contributed by atoms with Gasteiger partial charge in [-0.05, 0) is 23.8 Å². The number of benzene rings is 1. The second kappa shape index (κ2) is 6.24. The van der Waals surface area contributed by atoms with Crippen molar-refractivity contribution in [1.29, 1.82) is 0 Å². The van der Waals surface area contributed by atoms with Gasteiger partial charge in [0.15, 0.2) is 5.89 Å². The summed E-state index contributed by atoms with van der Waals surface area (Å²) >= 11 is 6.16. The molecule has 0 saturated heterocycles. The Morgan fingerprint density at radius 3 is 2.91 bits per heavy atom. The maximum absolute atomic E-state index is 12.1. The number of carbonyl (C=O) groups is 1. The van der Waals surface area contributed by atoms with Gasteiger partial charge in [0.05, 0.1) is 12.2 Å². The van der Waals surface area contributed by atoms with Gasteiger partial charge in [0.25, 0.3) is 0 Å². The fourth-order valence-corrected chi connectivity index (χ4v) is 3.18. The molecule has 5 nitrogen and oxygen atoms in total. The molecule has 1 unspecified atom stereocenters. The first-order chi connectivity index (χ1) is 10.9. The minimum absolute atomic E-state index is 0.125. The molecular formula is C17H20ClN3O2. The van der Waals surface area contributed by atoms with E-state index in [-0.39, 0.29) is 11.8 Å². The second-order valence-electron chi connectivity index (χ2n) is 6.13. The number of aromatic nitrogens is 1. The molecule has 6 heteroatoms. The predicted octanol–water partition coefficient (Wildman–Crippen LogP) is 3.22. The lowest BCUT2D eigenvalue weighted by atomic mass is 9.97. The lowest BCUT2D eigenvalue weighted by Crippen LogP contribution is -2.26. The number of amides is 1. The van der Waals surface area contributed by atoms with Gasteiger partial charge in [-0.25, -0.2) is 4.98 Å². The molecular weight excluding hydrogens is 314 g/mol. The van der Waals surface area contributed by atoms with Gasteiger partial charge >= 0.3 is 0 Å². The number of fused-ring (bicyclic) bond motifs is 1. The van der Waals surface area contributed by atoms with Gasteiger partial charge in [-0.1, -0.05) is 11.6 Å². The molecule has 1 amide bonds. The zero-order valence-corrected chi connectivity index (χ0v) is 14.3. The summed E-state index contributed by atoms with van der Waals surface area (Å²) in [5.41, 5.74) is 3.14. The Morgan fingerprint density at radius 2 is 2.26 bits per heavy atom. The molecule has 1 aliphatic rings. The van der Waals surface area contributed by atoms with Crippen molar-refractivity contribution in [3.05, 3.63) is 46.6 Å². The molecule has 1 aromatic carbocycles. The van der Waals surface area contributed by atoms with Crippen molar-refractivity contribution < 1.29 is 9.21 Å². The first kappa shape index (κ1) is 15.9. The zero-order valence-electron chi connectivity index (χ0n) is 13.5. The molecule has 0 fully saturated rings. The minimum Gasteiger partial charge on any atom is -0.449 e. The topological polar surface area (TPSA) is 49.6 Å². The molecule has 0 spiro atoms. The van der Waals surface area contributed by atoms with Crippen LogP contribution in [0.2, 0.25) is 5.02 Å². The highest BCUT2D eigenvalue weighted by Gasteiger charge is 2.31. The quantitative estimate of drug-likeness (QED) is 0.862. The first-order valence-corrected chi connectivity index (χ1v) is 7.97. The van der Waals surface area contributed by atoms with E-state index in [1.165, 1.54) is 0 Å². The maximum atomic E-state index is 12.1. The Hall–Kier alpha value is -2.01. The minimum atomic E-state index is 0.125. The third-order valence-electron chi connectivity index (χ3n) is 4.15. The number of nitrogens with zero attached hydrogens (tertiary/aromatic N) is 3. The van der Waals surface area contributed by atoms with Crippen molar-refractivity contribution in [3.63, 3.8) is 0 Å². The van der Waals surface area contributed by atoms with Crippen LogP contribution in [0.5, 0.6) is 0 Å². The number of hydrogen-bond donors (Lipinski definition) is 0. The maximum Gasteiger partial charge on any atom is 0.222 e. The Morgan fingerprint density at radius 1 is 1.48 bits per heavy atom. The molecule has 3 rings (SSSR count). The van der Waals surface area contributed by atoms with Gasteiger partial charge in [-0.15, -0.1) is 0 Å². The van der Waals surface area contributed by atoms with Crippen LogP contribution in [0.4, 0.5) is 5.69 Å². The summed E-state index contributed by atoms with van der Waals surface area (Å²) in [5, 5.41) is 0.699. The van der Waals surface area contributed by atoms with E-state index in [0.717, 1.165) is 23.5 Å². The van der Waals surface area contributed by atoms with Gasteiger partial charge in [0.1, 0.15) is 6.26 Å². The molecule has 1 atom stereocenters. The second-order valence-corrected chi connectivity index (χ2v) is 6.57. The zero-order chi connectivity index (χ0) is 16.6. The van der Waals surface area contributed by atoms with E-state index in [0.29, 0.717) is 23.9 Å². The molecule has 0 radical (unpaired) electrons. The molecule has 0 aliphatic carbocycles. The standard InChI is InChI=1S/C17H20ClN3O2/c1-11-19-14(10-23-11)9-21-8-12(6-17(22)20(2)3)15-7-13(18)4-5-16(15)21/h4-5,7,10,12H,6,8-9H2,1-3H3. The molecule has 0 saturated carbocycles. The van der Waals surface area contributed by atoms with Gasteiger partial charge < -0.3 is 14.2 Å². The number of hydrogen-bond acceptors (Lipinski definition) is 4. The van der Waals surface area contributed by atoms with E-state index in [1.807, 2.05) is 25.1 Å². The molecule has 2 heterocycles. The van der Waals surface area contributed by atoms with Crippen molar-refractivity contribution >= 4 is 23.2 Å². The number of oxazole rings is 1. The van der Waals surface area contributed by atoms with Crippen LogP contribution in [-0.2, 0) is 11.3 Å². The fourth-order valence-electron chi connectivity index (χ4n) is 3.00. The van der Waals surface area contributed by atoms with E-state index in [2.05, 4.69) is 9.88 Å². The number of halogens is 1. The van der Waals surface area contributed by atoms with Crippen LogP contribution >= 0.6 is 11.6 Å². The summed E-state index contributed by atoms with van der Waals surface area (Å²) in [6, 6.07) is 5.88. The largest absolute Gasteiger partial charge is 0.449 e. The average Bonchev–Trinajstić information content (AvgIpc) is 3.04. The van der Waals surface area contributed by atoms with Gasteiger partial charge in [-0.2, -0.15) is 0 Å². The molecule has 1 aromatic heterocycles. The molecule has 0 N–H and O–H groups in total. The highest BCUT2D eigenvalue weighted by atomic mass is 35.5. The summed E-state index contributed by atoms with van der Waals surface area (Å²) in [6.45, 7) is 3.28. The lowest BCUT2D eigenvalue weighted by Gasteiger charge is -2.19. The molecule has 23 heavy (non-hydrogen) atoms. The summed E-state index contributed by atoms with van der Waals surface area (Å²) in [6.07, 6.45) is 2.16. The van der Waals surface area contributed by atoms with Crippen LogP contribution in [0.15, 0.2) is 28.9 Å². The Bertz CT molecular complexity index is 726. The normalized spacial score (nSPS) is 16.5. The van der Waals surface area contributed by atoms with E-state index in [4.69, 9.17) is 16.0 Å². The number of anilines is 1. The third-order valence-corrected chi connectivity index (χ3v) is 4.39. The Balaban J connectivity index is 1.85. The van der Waals surface area contributed by atoms with E-state index in [1.54, 1.807) is 25.3 Å². The summed E-state index contributed by atoms with van der Waals surface area (Å²) in [5.74, 6) is 0.932. The van der Waals surface area contributed by atoms with Gasteiger partial charge in [-0.3, -0.25) is 4.79 Å². The van der Waals surface area contributed by atoms with Crippen molar-refractivity contribution in [1.82, 2.24) is 9.88 Å². The predicted molar refractivity (Wildman–Crippen MR) is 89.8 cm³/mol. The van der Waals surface area contributed by atoms with Crippen LogP contribution in [0.25, 0.3) is 0 Å². The van der Waals surface area contributed by atoms with Crippen molar-refractivity contribution in [3.8, 4) is 0 Å². The highest BCUT2D eigenvalue weighted by Crippen LogP contribution is 2.40. The third kappa shape index (κ3) is 3.34. The van der Waals surface area contributed by atoms with Crippen LogP contribution < -0.4 is 4.90 Å². The summed E-state index contributed by atoms with van der Waals surface area (Å²) in [4.78, 5) is 20.3. The van der Waals surface area contributed by atoms with E-state index in [9.17, 15) is 4.79 Å². The number of rotatable bonds is 4. The monoisotopic (exact) mass is 333 g/mol. The average molecular weight is 334 g/mol. The van der Waals surface area contributed by atoms with Gasteiger partial charge in [0, 0.05) is 50.6 Å². The molecule has 2 aromatic rings. The molecule has 122 valence electrons. The number of carbonyl (C=O) groups excluding carboxylic acids is 1. The van der Waals surface area contributed by atoms with Crippen LogP contribution in [-0.4, -0.2) is 36.4 Å². The fraction of sp³-hybridized carbons (Fsp3) is 0.412. The lowest BCUT2D eigenvalue weighted by molar-refractivity contribution is -0.129. The van der Waals surface area contributed by atoms with E-state index < -0.39 is 0 Å². The van der Waals surface area contributed by atoms with Crippen molar-refractivity contribution in [2.75, 3.05) is 25.5 Å². The van der Waals surface area contributed by atoms with Gasteiger partial charge in [0.2, 0.25) is 5.91 Å². The van der Waals surface area contributed by atoms with Crippen LogP contribution in [0.3, 0.4) is 0 Å². The summed E-state index contributed by atoms with van der Waals surface area (Å²) in [7, 11) is 3.57. The first-order valence-electron chi connectivity index (χ1n) is 7.59. The smallest absolute Gasteiger partial charge is 0.222 e. The Kier molecular flexibility index (Phi) is 4.31. The molecule has 1 aliphatic heterocycles. The number of aryl methyl sites for hydroxylation is 1. The van der Waals surface area contributed by atoms with Crippen molar-refractivity contribution in [2.45, 2.75) is 25.8 Å². The highest BCUT2D eigenvalue weighted by molar-refractivity contribution is 6.30. The SMILES string of the molecule is Cc1nc(CN2CC(CC(=O)N(C)C)c3cc(Cl)ccc32)co1. The Labute approximate surface area is 140 Å². The van der Waals surface area contributed by atoms with E-state index >= 15 is 0 Å². The van der Waals surface area contributed by atoms with Crippen LogP contribution in [0.1, 0.15) is 29.5 Å². The summed E-state index contributed by atoms with van der Waals surface area (Å²) < 4.78 is 5.29. The van der Waals surface area contributed by atoms with Crippen molar-refractivity contribution in [2.24, 2.45) is 0 Å². The molecule has 0 bridgehead atoms. The van der Waals surface area contributed by atoms with Crippen LogP contribution in [0, 0.1) is 6.92 Å².